The zero-order valence-electron chi connectivity index (χ0n) is 14.2. The largest absolute Gasteiger partial charge is 0.396 e. The third-order valence-corrected chi connectivity index (χ3v) is 4.97. The number of anilines is 2. The summed E-state index contributed by atoms with van der Waals surface area (Å²) in [4.78, 5) is 8.84. The van der Waals surface area contributed by atoms with E-state index >= 15 is 0 Å². The van der Waals surface area contributed by atoms with Gasteiger partial charge in [-0.3, -0.25) is 0 Å². The predicted molar refractivity (Wildman–Crippen MR) is 106 cm³/mol. The Labute approximate surface area is 167 Å². The Morgan fingerprint density at radius 1 is 1.26 bits per heavy atom. The van der Waals surface area contributed by atoms with Gasteiger partial charge in [0.2, 0.25) is 5.95 Å². The highest BCUT2D eigenvalue weighted by Crippen LogP contribution is 2.30. The van der Waals surface area contributed by atoms with Crippen molar-refractivity contribution in [2.24, 2.45) is 5.92 Å². The van der Waals surface area contributed by atoms with Gasteiger partial charge in [0.1, 0.15) is 17.5 Å². The first-order valence-corrected chi connectivity index (χ1v) is 9.09. The van der Waals surface area contributed by atoms with Crippen LogP contribution in [0, 0.1) is 17.8 Å². The molecule has 0 bridgehead atoms. The first-order valence-electron chi connectivity index (χ1n) is 8.26. The fraction of sp³-hybridized carbons (Fsp3) is 0.333. The molecule has 3 rings (SSSR count). The number of nitrogens with zero attached hydrogens (tertiary/aromatic N) is 2. The molecule has 0 saturated heterocycles. The van der Waals surface area contributed by atoms with Crippen LogP contribution >= 0.6 is 24.2 Å². The third-order valence-electron chi connectivity index (χ3n) is 4.42. The van der Waals surface area contributed by atoms with E-state index in [4.69, 9.17) is 17.3 Å². The number of nitrogens with two attached hydrogens (primary N) is 1. The molecule has 6 N–H and O–H groups in total. The number of aromatic nitrogens is 2. The molecular formula is C18H19ClN4O3S. The van der Waals surface area contributed by atoms with Crippen molar-refractivity contribution in [1.82, 2.24) is 9.97 Å². The molecule has 1 aliphatic carbocycles. The van der Waals surface area contributed by atoms with Gasteiger partial charge in [0.05, 0.1) is 12.1 Å². The van der Waals surface area contributed by atoms with Crippen LogP contribution in [0.2, 0.25) is 5.15 Å². The summed E-state index contributed by atoms with van der Waals surface area (Å²) in [5.74, 6) is 5.68. The number of rotatable bonds is 3. The van der Waals surface area contributed by atoms with E-state index in [2.05, 4.69) is 39.8 Å². The molecule has 7 nitrogen and oxygen atoms in total. The maximum atomic E-state index is 10.2. The van der Waals surface area contributed by atoms with E-state index in [-0.39, 0.29) is 23.5 Å². The van der Waals surface area contributed by atoms with E-state index < -0.39 is 24.2 Å². The molecule has 1 aromatic heterocycles. The SMILES string of the molecule is Nc1nc(Cl)c(C#Cc2cccc(S)c2)c(N[C@@H]2C[C@H](CO)[C@@H](O)[C@H]2O)n1. The minimum absolute atomic E-state index is 0.0443. The van der Waals surface area contributed by atoms with Gasteiger partial charge in [-0.2, -0.15) is 9.97 Å². The molecule has 27 heavy (non-hydrogen) atoms. The molecule has 1 saturated carbocycles. The maximum Gasteiger partial charge on any atom is 0.223 e. The molecule has 0 aliphatic heterocycles. The molecule has 0 unspecified atom stereocenters. The van der Waals surface area contributed by atoms with Crippen LogP contribution < -0.4 is 11.1 Å². The summed E-state index contributed by atoms with van der Waals surface area (Å²) in [5, 5.41) is 32.6. The molecule has 1 heterocycles. The van der Waals surface area contributed by atoms with Crippen molar-refractivity contribution >= 4 is 36.0 Å². The van der Waals surface area contributed by atoms with Crippen LogP contribution in [0.25, 0.3) is 0 Å². The third kappa shape index (κ3) is 4.46. The number of halogens is 1. The summed E-state index contributed by atoms with van der Waals surface area (Å²) in [7, 11) is 0. The summed E-state index contributed by atoms with van der Waals surface area (Å²) in [6.45, 7) is -0.226. The molecule has 1 fully saturated rings. The minimum Gasteiger partial charge on any atom is -0.396 e. The van der Waals surface area contributed by atoms with Gasteiger partial charge in [0.25, 0.3) is 0 Å². The summed E-state index contributed by atoms with van der Waals surface area (Å²) in [5.41, 5.74) is 6.75. The van der Waals surface area contributed by atoms with Crippen molar-refractivity contribution in [3.8, 4) is 11.8 Å². The molecule has 2 aromatic rings. The Bertz CT molecular complexity index is 902. The summed E-state index contributed by atoms with van der Waals surface area (Å²) < 4.78 is 0. The van der Waals surface area contributed by atoms with Gasteiger partial charge in [-0.15, -0.1) is 12.6 Å². The Hall–Kier alpha value is -2.02. The van der Waals surface area contributed by atoms with E-state index in [0.717, 1.165) is 10.5 Å². The van der Waals surface area contributed by atoms with Crippen molar-refractivity contribution in [2.45, 2.75) is 29.6 Å². The highest BCUT2D eigenvalue weighted by atomic mass is 35.5. The molecule has 1 aliphatic rings. The molecule has 9 heteroatoms. The Balaban J connectivity index is 1.92. The molecular weight excluding hydrogens is 388 g/mol. The zero-order chi connectivity index (χ0) is 19.6. The second-order valence-electron chi connectivity index (χ2n) is 6.31. The zero-order valence-corrected chi connectivity index (χ0v) is 15.8. The number of thiol groups is 1. The lowest BCUT2D eigenvalue weighted by atomic mass is 10.1. The summed E-state index contributed by atoms with van der Waals surface area (Å²) >= 11 is 10.5. The van der Waals surface area contributed by atoms with Crippen LogP contribution in [-0.4, -0.2) is 50.1 Å². The number of nitrogen functional groups attached to an aromatic ring is 1. The molecule has 142 valence electrons. The maximum absolute atomic E-state index is 10.2. The van der Waals surface area contributed by atoms with Gasteiger partial charge in [-0.1, -0.05) is 29.5 Å². The summed E-state index contributed by atoms with van der Waals surface area (Å²) in [6.07, 6.45) is -1.75. The predicted octanol–water partition coefficient (Wildman–Crippen LogP) is 0.915. The van der Waals surface area contributed by atoms with Crippen molar-refractivity contribution in [3.63, 3.8) is 0 Å². The average molecular weight is 407 g/mol. The Morgan fingerprint density at radius 2 is 2.04 bits per heavy atom. The van der Waals surface area contributed by atoms with Crippen LogP contribution in [0.1, 0.15) is 17.5 Å². The van der Waals surface area contributed by atoms with E-state index in [0.29, 0.717) is 12.0 Å². The first kappa shape index (κ1) is 19.7. The minimum atomic E-state index is -1.07. The smallest absolute Gasteiger partial charge is 0.223 e. The molecule has 1 aromatic carbocycles. The normalized spacial score (nSPS) is 24.3. The monoisotopic (exact) mass is 406 g/mol. The number of nitrogens with one attached hydrogen (secondary N) is 1. The van der Waals surface area contributed by atoms with Crippen LogP contribution in [0.3, 0.4) is 0 Å². The van der Waals surface area contributed by atoms with Crippen molar-refractivity contribution in [3.05, 3.63) is 40.5 Å². The topological polar surface area (TPSA) is 125 Å². The van der Waals surface area contributed by atoms with E-state index in [9.17, 15) is 15.3 Å². The van der Waals surface area contributed by atoms with E-state index in [1.54, 1.807) is 6.07 Å². The quantitative estimate of drug-likeness (QED) is 0.254. The van der Waals surface area contributed by atoms with Crippen LogP contribution in [-0.2, 0) is 0 Å². The molecule has 0 spiro atoms. The number of benzene rings is 1. The van der Waals surface area contributed by atoms with Gasteiger partial charge >= 0.3 is 0 Å². The van der Waals surface area contributed by atoms with E-state index in [1.165, 1.54) is 0 Å². The second-order valence-corrected chi connectivity index (χ2v) is 7.18. The highest BCUT2D eigenvalue weighted by Gasteiger charge is 2.41. The Morgan fingerprint density at radius 3 is 2.70 bits per heavy atom. The highest BCUT2D eigenvalue weighted by molar-refractivity contribution is 7.80. The van der Waals surface area contributed by atoms with Crippen LogP contribution in [0.5, 0.6) is 0 Å². The summed E-state index contributed by atoms with van der Waals surface area (Å²) in [6, 6.07) is 6.76. The average Bonchev–Trinajstić information content (AvgIpc) is 2.89. The fourth-order valence-electron chi connectivity index (χ4n) is 3.01. The number of hydrogen-bond acceptors (Lipinski definition) is 8. The lowest BCUT2D eigenvalue weighted by Gasteiger charge is -2.19. The van der Waals surface area contributed by atoms with Crippen molar-refractivity contribution in [2.75, 3.05) is 17.7 Å². The molecule has 4 atom stereocenters. The fourth-order valence-corrected chi connectivity index (χ4v) is 3.46. The second kappa shape index (κ2) is 8.33. The van der Waals surface area contributed by atoms with Gasteiger partial charge in [-0.25, -0.2) is 0 Å². The number of aliphatic hydroxyl groups excluding tert-OH is 3. The van der Waals surface area contributed by atoms with Gasteiger partial charge in [-0.05, 0) is 24.6 Å². The van der Waals surface area contributed by atoms with Gasteiger partial charge in [0.15, 0.2) is 5.15 Å². The Kier molecular flexibility index (Phi) is 6.09. The lowest BCUT2D eigenvalue weighted by Crippen LogP contribution is -2.35. The van der Waals surface area contributed by atoms with Crippen LogP contribution in [0.15, 0.2) is 29.2 Å². The van der Waals surface area contributed by atoms with Crippen molar-refractivity contribution in [1.29, 1.82) is 0 Å². The molecule has 0 radical (unpaired) electrons. The van der Waals surface area contributed by atoms with Gasteiger partial charge in [0, 0.05) is 23.0 Å². The van der Waals surface area contributed by atoms with E-state index in [1.807, 2.05) is 18.2 Å². The first-order chi connectivity index (χ1) is 12.9. The van der Waals surface area contributed by atoms with Gasteiger partial charge < -0.3 is 26.4 Å². The lowest BCUT2D eigenvalue weighted by molar-refractivity contribution is 0.00445. The standard InChI is InChI=1S/C18H19ClN4O3S/c19-16-12(5-4-9-2-1-3-11(27)6-9)17(23-18(20)22-16)21-13-7-10(8-24)14(25)15(13)26/h1-3,6,10,13-15,24-27H,7-8H2,(H3,20,21,22,23)/t10-,13-,14-,15+/m1/s1. The number of aliphatic hydroxyl groups is 3. The molecule has 0 amide bonds. The number of hydrogen-bond donors (Lipinski definition) is 6. The van der Waals surface area contributed by atoms with Crippen molar-refractivity contribution < 1.29 is 15.3 Å². The van der Waals surface area contributed by atoms with Crippen LogP contribution in [0.4, 0.5) is 11.8 Å².